The van der Waals surface area contributed by atoms with Gasteiger partial charge in [-0.3, -0.25) is 4.79 Å². The molecule has 2 aliphatic heterocycles. The molecule has 0 radical (unpaired) electrons. The van der Waals surface area contributed by atoms with Gasteiger partial charge in [-0.25, -0.2) is 0 Å². The Morgan fingerprint density at radius 2 is 1.92 bits per heavy atom. The average Bonchev–Trinajstić information content (AvgIpc) is 2.67. The van der Waals surface area contributed by atoms with E-state index in [1.165, 1.54) is 0 Å². The van der Waals surface area contributed by atoms with Gasteiger partial charge in [0.25, 0.3) is 5.91 Å². The normalized spacial score (nSPS) is 19.8. The van der Waals surface area contributed by atoms with Gasteiger partial charge in [0.05, 0.1) is 24.1 Å². The van der Waals surface area contributed by atoms with E-state index < -0.39 is 0 Å². The molecule has 0 spiro atoms. The lowest BCUT2D eigenvalue weighted by atomic mass is 9.92. The number of methoxy groups -OCH3 is 1. The minimum Gasteiger partial charge on any atom is -0.497 e. The van der Waals surface area contributed by atoms with Gasteiger partial charge in [-0.1, -0.05) is 29.4 Å². The highest BCUT2D eigenvalue weighted by atomic mass is 16.6. The second-order valence-corrected chi connectivity index (χ2v) is 6.41. The molecule has 2 aliphatic rings. The number of para-hydroxylation sites is 1. The van der Waals surface area contributed by atoms with Crippen LogP contribution in [0.15, 0.2) is 47.6 Å². The first-order valence-corrected chi connectivity index (χ1v) is 8.65. The Kier molecular flexibility index (Phi) is 4.24. The van der Waals surface area contributed by atoms with E-state index in [0.717, 1.165) is 47.7 Å². The fourth-order valence-corrected chi connectivity index (χ4v) is 3.71. The van der Waals surface area contributed by atoms with Crippen molar-refractivity contribution >= 4 is 17.3 Å². The summed E-state index contributed by atoms with van der Waals surface area (Å²) in [7, 11) is 3.20. The van der Waals surface area contributed by atoms with Crippen molar-refractivity contribution in [1.29, 1.82) is 0 Å². The zero-order valence-electron chi connectivity index (χ0n) is 14.9. The number of benzene rings is 2. The summed E-state index contributed by atoms with van der Waals surface area (Å²) in [5, 5.41) is 7.30. The first-order chi connectivity index (χ1) is 12.7. The molecule has 2 aromatic carbocycles. The van der Waals surface area contributed by atoms with Crippen molar-refractivity contribution in [2.24, 2.45) is 5.16 Å². The zero-order chi connectivity index (χ0) is 18.1. The maximum atomic E-state index is 12.7. The summed E-state index contributed by atoms with van der Waals surface area (Å²) in [5.41, 5.74) is 4.66. The first kappa shape index (κ1) is 16.4. The Morgan fingerprint density at radius 3 is 2.65 bits per heavy atom. The molecule has 1 atom stereocenters. The zero-order valence-corrected chi connectivity index (χ0v) is 14.9. The van der Waals surface area contributed by atoms with E-state index in [1.54, 1.807) is 14.2 Å². The Labute approximate surface area is 152 Å². The van der Waals surface area contributed by atoms with E-state index in [1.807, 2.05) is 42.5 Å². The molecule has 0 fully saturated rings. The molecule has 0 aromatic heterocycles. The maximum absolute atomic E-state index is 12.7. The first-order valence-electron chi connectivity index (χ1n) is 8.65. The van der Waals surface area contributed by atoms with Gasteiger partial charge in [0, 0.05) is 24.9 Å². The van der Waals surface area contributed by atoms with Crippen molar-refractivity contribution in [3.05, 3.63) is 59.2 Å². The standard InChI is InChI=1S/C20H21N3O3/c1-25-14-8-6-13(7-9-14)12-18-21-20(24)16-5-3-4-15-17(22-26-2)10-11-23(18)19(15)16/h3-9,18H,10-12H2,1-2H3,(H,21,24)/b22-17+. The van der Waals surface area contributed by atoms with Crippen molar-refractivity contribution in [3.63, 3.8) is 0 Å². The second kappa shape index (κ2) is 6.71. The maximum Gasteiger partial charge on any atom is 0.255 e. The summed E-state index contributed by atoms with van der Waals surface area (Å²) < 4.78 is 5.22. The predicted molar refractivity (Wildman–Crippen MR) is 99.9 cm³/mol. The molecule has 2 aromatic rings. The number of hydrogen-bond donors (Lipinski definition) is 1. The van der Waals surface area contributed by atoms with Gasteiger partial charge in [-0.15, -0.1) is 0 Å². The molecule has 1 unspecified atom stereocenters. The van der Waals surface area contributed by atoms with Gasteiger partial charge < -0.3 is 19.8 Å². The molecule has 0 bridgehead atoms. The number of hydrogen-bond acceptors (Lipinski definition) is 5. The average molecular weight is 351 g/mol. The van der Waals surface area contributed by atoms with Crippen LogP contribution >= 0.6 is 0 Å². The molecule has 0 aliphatic carbocycles. The van der Waals surface area contributed by atoms with Crippen LogP contribution in [0, 0.1) is 0 Å². The number of nitrogens with zero attached hydrogens (tertiary/aromatic N) is 2. The van der Waals surface area contributed by atoms with Crippen molar-refractivity contribution in [3.8, 4) is 5.75 Å². The van der Waals surface area contributed by atoms with Crippen LogP contribution in [0.5, 0.6) is 5.75 Å². The number of rotatable bonds is 4. The number of carbonyl (C=O) groups is 1. The molecule has 1 N–H and O–H groups in total. The SMILES string of the molecule is CO/N=C1\CCN2c3c(cccc31)C(=O)NC2Cc1ccc(OC)cc1. The molecular formula is C20H21N3O3. The predicted octanol–water partition coefficient (Wildman–Crippen LogP) is 2.57. The van der Waals surface area contributed by atoms with E-state index in [0.29, 0.717) is 5.56 Å². The summed E-state index contributed by atoms with van der Waals surface area (Å²) in [6.07, 6.45) is 1.41. The minimum atomic E-state index is -0.0892. The topological polar surface area (TPSA) is 63.2 Å². The fraction of sp³-hybridized carbons (Fsp3) is 0.300. The minimum absolute atomic E-state index is 0.0460. The Balaban J connectivity index is 1.69. The lowest BCUT2D eigenvalue weighted by molar-refractivity contribution is 0.0926. The molecule has 6 heteroatoms. The quantitative estimate of drug-likeness (QED) is 0.860. The monoisotopic (exact) mass is 351 g/mol. The van der Waals surface area contributed by atoms with E-state index in [-0.39, 0.29) is 12.1 Å². The van der Waals surface area contributed by atoms with Crippen molar-refractivity contribution < 1.29 is 14.4 Å². The van der Waals surface area contributed by atoms with Gasteiger partial charge in [0.2, 0.25) is 0 Å². The van der Waals surface area contributed by atoms with Crippen LogP contribution in [0.1, 0.15) is 27.9 Å². The largest absolute Gasteiger partial charge is 0.497 e. The Hall–Kier alpha value is -3.02. The summed E-state index contributed by atoms with van der Waals surface area (Å²) >= 11 is 0. The van der Waals surface area contributed by atoms with E-state index in [4.69, 9.17) is 9.57 Å². The van der Waals surface area contributed by atoms with Crippen LogP contribution < -0.4 is 15.0 Å². The Morgan fingerprint density at radius 1 is 1.15 bits per heavy atom. The van der Waals surface area contributed by atoms with Crippen molar-refractivity contribution in [1.82, 2.24) is 5.32 Å². The van der Waals surface area contributed by atoms with Crippen molar-refractivity contribution in [2.45, 2.75) is 19.0 Å². The Bertz CT molecular complexity index is 861. The summed E-state index contributed by atoms with van der Waals surface area (Å²) in [6, 6.07) is 13.7. The number of amides is 1. The molecule has 134 valence electrons. The van der Waals surface area contributed by atoms with Crippen LogP contribution in [0.2, 0.25) is 0 Å². The molecule has 0 saturated heterocycles. The fourth-order valence-electron chi connectivity index (χ4n) is 3.71. The second-order valence-electron chi connectivity index (χ2n) is 6.41. The highest BCUT2D eigenvalue weighted by molar-refractivity contribution is 6.13. The number of nitrogens with one attached hydrogen (secondary N) is 1. The van der Waals surface area contributed by atoms with Crippen LogP contribution in [0.3, 0.4) is 0 Å². The highest BCUT2D eigenvalue weighted by Gasteiger charge is 2.36. The summed E-state index contributed by atoms with van der Waals surface area (Å²) in [5.74, 6) is 0.780. The van der Waals surface area contributed by atoms with Crippen LogP contribution in [0.25, 0.3) is 0 Å². The molecule has 2 heterocycles. The number of carbonyl (C=O) groups excluding carboxylic acids is 1. The number of oxime groups is 1. The van der Waals surface area contributed by atoms with Crippen LogP contribution in [0.4, 0.5) is 5.69 Å². The van der Waals surface area contributed by atoms with E-state index >= 15 is 0 Å². The number of ether oxygens (including phenoxy) is 1. The molecule has 4 rings (SSSR count). The molecule has 6 nitrogen and oxygen atoms in total. The third-order valence-corrected chi connectivity index (χ3v) is 4.93. The van der Waals surface area contributed by atoms with Gasteiger partial charge in [-0.05, 0) is 23.8 Å². The third-order valence-electron chi connectivity index (χ3n) is 4.93. The molecule has 26 heavy (non-hydrogen) atoms. The van der Waals surface area contributed by atoms with Crippen molar-refractivity contribution in [2.75, 3.05) is 25.7 Å². The molecule has 0 saturated carbocycles. The molecular weight excluding hydrogens is 330 g/mol. The highest BCUT2D eigenvalue weighted by Crippen LogP contribution is 2.35. The van der Waals surface area contributed by atoms with E-state index in [2.05, 4.69) is 15.4 Å². The van der Waals surface area contributed by atoms with E-state index in [9.17, 15) is 4.79 Å². The summed E-state index contributed by atoms with van der Waals surface area (Å²) in [4.78, 5) is 19.9. The lowest BCUT2D eigenvalue weighted by Gasteiger charge is -2.42. The van der Waals surface area contributed by atoms with Gasteiger partial charge in [0.1, 0.15) is 19.0 Å². The van der Waals surface area contributed by atoms with Gasteiger partial charge in [0.15, 0.2) is 0 Å². The third kappa shape index (κ3) is 2.77. The lowest BCUT2D eigenvalue weighted by Crippen LogP contribution is -2.56. The van der Waals surface area contributed by atoms with Gasteiger partial charge >= 0.3 is 0 Å². The molecule has 1 amide bonds. The smallest absolute Gasteiger partial charge is 0.255 e. The number of anilines is 1. The summed E-state index contributed by atoms with van der Waals surface area (Å²) in [6.45, 7) is 0.785. The van der Waals surface area contributed by atoms with Crippen LogP contribution in [-0.2, 0) is 11.3 Å². The van der Waals surface area contributed by atoms with Gasteiger partial charge in [-0.2, -0.15) is 0 Å². The van der Waals surface area contributed by atoms with Crippen LogP contribution in [-0.4, -0.2) is 38.5 Å².